The van der Waals surface area contributed by atoms with Crippen LogP contribution < -0.4 is 10.1 Å². The summed E-state index contributed by atoms with van der Waals surface area (Å²) in [7, 11) is 0. The molecule has 6 nitrogen and oxygen atoms in total. The highest BCUT2D eigenvalue weighted by Crippen LogP contribution is 2.38. The smallest absolute Gasteiger partial charge is 0.307 e. The Kier molecular flexibility index (Phi) is 5.49. The summed E-state index contributed by atoms with van der Waals surface area (Å²) in [6.45, 7) is 5.75. The largest absolute Gasteiger partial charge is 0.463 e. The van der Waals surface area contributed by atoms with Crippen LogP contribution in [-0.2, 0) is 9.53 Å². The van der Waals surface area contributed by atoms with Crippen LogP contribution in [0.15, 0.2) is 47.5 Å². The number of halogens is 1. The number of rotatable bonds is 3. The van der Waals surface area contributed by atoms with Crippen LogP contribution in [0.5, 0.6) is 11.5 Å². The summed E-state index contributed by atoms with van der Waals surface area (Å²) in [6, 6.07) is 11.9. The molecule has 152 valence electrons. The Balaban J connectivity index is 1.63. The number of aliphatic imine (C=N–C) groups is 1. The molecule has 1 saturated heterocycles. The summed E-state index contributed by atoms with van der Waals surface area (Å²) < 4.78 is 25.0. The first-order valence-electron chi connectivity index (χ1n) is 9.83. The zero-order valence-electron chi connectivity index (χ0n) is 16.5. The van der Waals surface area contributed by atoms with Gasteiger partial charge < -0.3 is 19.7 Å². The molecule has 2 aliphatic heterocycles. The summed E-state index contributed by atoms with van der Waals surface area (Å²) in [5, 5.41) is 3.38. The molecule has 1 N–H and O–H groups in total. The Labute approximate surface area is 169 Å². The van der Waals surface area contributed by atoms with E-state index < -0.39 is 0 Å². The normalized spacial score (nSPS) is 18.3. The highest BCUT2D eigenvalue weighted by atomic mass is 19.1. The molecule has 0 radical (unpaired) electrons. The standard InChI is InChI=1S/C22H24FN3O3/c1-14(2)28-21(27)12-16-13-26(10-9-24-16)22-17-5-3-4-6-19(17)29-20-11-15(23)7-8-18(20)25-22/h3-8,11,14,16,24H,9-10,12-13H2,1-2H3. The molecule has 2 aliphatic rings. The Hall–Kier alpha value is -2.93. The first kappa shape index (κ1) is 19.4. The lowest BCUT2D eigenvalue weighted by molar-refractivity contribution is -0.148. The van der Waals surface area contributed by atoms with E-state index in [9.17, 15) is 9.18 Å². The number of hydrogen-bond acceptors (Lipinski definition) is 6. The molecule has 0 saturated carbocycles. The number of esters is 1. The molecule has 1 fully saturated rings. The zero-order valence-corrected chi connectivity index (χ0v) is 16.5. The summed E-state index contributed by atoms with van der Waals surface area (Å²) in [5.41, 5.74) is 1.42. The van der Waals surface area contributed by atoms with Gasteiger partial charge >= 0.3 is 5.97 Å². The van der Waals surface area contributed by atoms with E-state index in [4.69, 9.17) is 14.5 Å². The Morgan fingerprint density at radius 1 is 1.31 bits per heavy atom. The van der Waals surface area contributed by atoms with Crippen LogP contribution >= 0.6 is 0 Å². The topological polar surface area (TPSA) is 63.2 Å². The molecule has 0 spiro atoms. The lowest BCUT2D eigenvalue weighted by atomic mass is 10.1. The molecule has 4 rings (SSSR count). The maximum Gasteiger partial charge on any atom is 0.307 e. The third-order valence-corrected chi connectivity index (χ3v) is 4.83. The van der Waals surface area contributed by atoms with Crippen molar-refractivity contribution in [1.29, 1.82) is 0 Å². The molecule has 1 atom stereocenters. The number of benzene rings is 2. The second kappa shape index (κ2) is 8.21. The van der Waals surface area contributed by atoms with Gasteiger partial charge in [-0.3, -0.25) is 4.79 Å². The Morgan fingerprint density at radius 2 is 2.14 bits per heavy atom. The first-order chi connectivity index (χ1) is 14.0. The first-order valence-corrected chi connectivity index (χ1v) is 9.83. The van der Waals surface area contributed by atoms with E-state index in [0.717, 1.165) is 24.5 Å². The SMILES string of the molecule is CC(C)OC(=O)CC1CN(C2=Nc3ccc(F)cc3Oc3ccccc32)CCN1. The molecule has 0 aromatic heterocycles. The molecule has 0 bridgehead atoms. The number of ether oxygens (including phenoxy) is 2. The van der Waals surface area contributed by atoms with E-state index in [-0.39, 0.29) is 23.9 Å². The van der Waals surface area contributed by atoms with Crippen molar-refractivity contribution >= 4 is 17.5 Å². The fourth-order valence-electron chi connectivity index (χ4n) is 3.60. The molecule has 0 aliphatic carbocycles. The lowest BCUT2D eigenvalue weighted by Crippen LogP contribution is -2.53. The Morgan fingerprint density at radius 3 is 2.97 bits per heavy atom. The van der Waals surface area contributed by atoms with Gasteiger partial charge in [-0.05, 0) is 38.1 Å². The van der Waals surface area contributed by atoms with Crippen molar-refractivity contribution in [3.63, 3.8) is 0 Å². The molecular formula is C22H24FN3O3. The molecule has 2 aromatic rings. The van der Waals surface area contributed by atoms with E-state index >= 15 is 0 Å². The monoisotopic (exact) mass is 397 g/mol. The van der Waals surface area contributed by atoms with Gasteiger partial charge in [0.1, 0.15) is 23.1 Å². The van der Waals surface area contributed by atoms with Gasteiger partial charge in [0.25, 0.3) is 0 Å². The van der Waals surface area contributed by atoms with Gasteiger partial charge in [-0.1, -0.05) is 12.1 Å². The quantitative estimate of drug-likeness (QED) is 0.802. The van der Waals surface area contributed by atoms with Crippen molar-refractivity contribution in [3.8, 4) is 11.5 Å². The van der Waals surface area contributed by atoms with Crippen molar-refractivity contribution in [2.45, 2.75) is 32.4 Å². The van der Waals surface area contributed by atoms with Crippen molar-refractivity contribution in [1.82, 2.24) is 10.2 Å². The molecular weight excluding hydrogens is 373 g/mol. The van der Waals surface area contributed by atoms with E-state index in [2.05, 4.69) is 10.2 Å². The van der Waals surface area contributed by atoms with Gasteiger partial charge in [0.15, 0.2) is 5.75 Å². The number of nitrogens with zero attached hydrogens (tertiary/aromatic N) is 2. The number of carbonyl (C=O) groups excluding carboxylic acids is 1. The molecule has 0 amide bonds. The average Bonchev–Trinajstić information content (AvgIpc) is 2.83. The second-order valence-electron chi connectivity index (χ2n) is 7.49. The van der Waals surface area contributed by atoms with Crippen molar-refractivity contribution < 1.29 is 18.7 Å². The van der Waals surface area contributed by atoms with Gasteiger partial charge in [0.2, 0.25) is 0 Å². The molecule has 1 unspecified atom stereocenters. The van der Waals surface area contributed by atoms with E-state index in [1.165, 1.54) is 12.1 Å². The highest BCUT2D eigenvalue weighted by molar-refractivity contribution is 6.03. The summed E-state index contributed by atoms with van der Waals surface area (Å²) >= 11 is 0. The number of carbonyl (C=O) groups is 1. The van der Waals surface area contributed by atoms with E-state index in [1.54, 1.807) is 6.07 Å². The molecule has 2 heterocycles. The Bertz CT molecular complexity index is 945. The molecule has 29 heavy (non-hydrogen) atoms. The van der Waals surface area contributed by atoms with Crippen molar-refractivity contribution in [2.24, 2.45) is 4.99 Å². The number of fused-ring (bicyclic) bond motifs is 2. The fraction of sp³-hybridized carbons (Fsp3) is 0.364. The fourth-order valence-corrected chi connectivity index (χ4v) is 3.60. The molecule has 7 heteroatoms. The van der Waals surface area contributed by atoms with Crippen LogP contribution in [0.2, 0.25) is 0 Å². The number of nitrogens with one attached hydrogen (secondary N) is 1. The number of para-hydroxylation sites is 1. The second-order valence-corrected chi connectivity index (χ2v) is 7.49. The predicted octanol–water partition coefficient (Wildman–Crippen LogP) is 3.63. The van der Waals surface area contributed by atoms with Gasteiger partial charge in [0.05, 0.1) is 18.1 Å². The average molecular weight is 397 g/mol. The third-order valence-electron chi connectivity index (χ3n) is 4.83. The van der Waals surface area contributed by atoms with E-state index in [1.807, 2.05) is 38.1 Å². The third kappa shape index (κ3) is 4.40. The van der Waals surface area contributed by atoms with Crippen LogP contribution in [0, 0.1) is 5.82 Å². The van der Waals surface area contributed by atoms with Crippen LogP contribution in [0.25, 0.3) is 0 Å². The van der Waals surface area contributed by atoms with Gasteiger partial charge in [-0.2, -0.15) is 0 Å². The van der Waals surface area contributed by atoms with Gasteiger partial charge in [-0.15, -0.1) is 0 Å². The minimum Gasteiger partial charge on any atom is -0.463 e. The van der Waals surface area contributed by atoms with Crippen molar-refractivity contribution in [2.75, 3.05) is 19.6 Å². The van der Waals surface area contributed by atoms with Crippen LogP contribution in [0.3, 0.4) is 0 Å². The summed E-state index contributed by atoms with van der Waals surface area (Å²) in [5.74, 6) is 1.19. The van der Waals surface area contributed by atoms with E-state index in [0.29, 0.717) is 30.2 Å². The minimum atomic E-state index is -0.370. The van der Waals surface area contributed by atoms with Crippen LogP contribution in [-0.4, -0.2) is 48.5 Å². The maximum absolute atomic E-state index is 13.7. The van der Waals surface area contributed by atoms with Crippen LogP contribution in [0.1, 0.15) is 25.8 Å². The molecule has 2 aromatic carbocycles. The number of hydrogen-bond donors (Lipinski definition) is 1. The predicted molar refractivity (Wildman–Crippen MR) is 108 cm³/mol. The van der Waals surface area contributed by atoms with Crippen LogP contribution in [0.4, 0.5) is 10.1 Å². The van der Waals surface area contributed by atoms with Crippen molar-refractivity contribution in [3.05, 3.63) is 53.8 Å². The highest BCUT2D eigenvalue weighted by Gasteiger charge is 2.28. The summed E-state index contributed by atoms with van der Waals surface area (Å²) in [4.78, 5) is 19.0. The van der Waals surface area contributed by atoms with Gasteiger partial charge in [-0.25, -0.2) is 9.38 Å². The number of piperazine rings is 1. The lowest BCUT2D eigenvalue weighted by Gasteiger charge is -2.35. The zero-order chi connectivity index (χ0) is 20.4. The van der Waals surface area contributed by atoms with Gasteiger partial charge in [0, 0.05) is 31.7 Å². The minimum absolute atomic E-state index is 0.0401. The summed E-state index contributed by atoms with van der Waals surface area (Å²) in [6.07, 6.45) is 0.163. The maximum atomic E-state index is 13.7. The number of amidine groups is 1.